The molecule has 0 saturated heterocycles. The van der Waals surface area contributed by atoms with E-state index in [9.17, 15) is 0 Å². The molecule has 0 amide bonds. The smallest absolute Gasteiger partial charge is 0.164 e. The van der Waals surface area contributed by atoms with E-state index in [1.807, 2.05) is 29.5 Å². The van der Waals surface area contributed by atoms with E-state index in [1.54, 1.807) is 0 Å². The molecule has 71 heavy (non-hydrogen) atoms. The van der Waals surface area contributed by atoms with E-state index in [2.05, 4.69) is 228 Å². The Morgan fingerprint density at radius 1 is 0.310 bits per heavy atom. The minimum atomic E-state index is 0.605. The topological polar surface area (TPSA) is 48.5 Å². The van der Waals surface area contributed by atoms with Crippen molar-refractivity contribution in [3.8, 4) is 56.7 Å². The lowest BCUT2D eigenvalue weighted by atomic mass is 9.91. The molecular weight excluding hydrogens is 883 g/mol. The van der Waals surface area contributed by atoms with Gasteiger partial charge in [0.05, 0.1) is 27.8 Å². The highest BCUT2D eigenvalue weighted by atomic mass is 32.1. The highest BCUT2D eigenvalue weighted by Crippen LogP contribution is 2.48. The summed E-state index contributed by atoms with van der Waals surface area (Å²) in [5.74, 6) is 1.84. The summed E-state index contributed by atoms with van der Waals surface area (Å²) in [5.41, 5.74) is 11.8. The van der Waals surface area contributed by atoms with Gasteiger partial charge in [-0.25, -0.2) is 15.0 Å². The molecule has 0 N–H and O–H groups in total. The van der Waals surface area contributed by atoms with Gasteiger partial charge in [-0.15, -0.1) is 11.3 Å². The van der Waals surface area contributed by atoms with Gasteiger partial charge in [0.2, 0.25) is 0 Å². The van der Waals surface area contributed by atoms with Gasteiger partial charge in [0, 0.05) is 75.2 Å². The van der Waals surface area contributed by atoms with Crippen molar-refractivity contribution in [1.82, 2.24) is 24.1 Å². The molecule has 5 nitrogen and oxygen atoms in total. The van der Waals surface area contributed by atoms with Crippen molar-refractivity contribution >= 4 is 96.7 Å². The molecule has 0 radical (unpaired) electrons. The van der Waals surface area contributed by atoms with Crippen LogP contribution in [0.3, 0.4) is 0 Å². The summed E-state index contributed by atoms with van der Waals surface area (Å²) in [4.78, 5) is 16.1. The maximum absolute atomic E-state index is 5.44. The van der Waals surface area contributed by atoms with Crippen LogP contribution in [0.5, 0.6) is 0 Å². The summed E-state index contributed by atoms with van der Waals surface area (Å²) >= 11 is 1.86. The van der Waals surface area contributed by atoms with E-state index in [0.29, 0.717) is 17.5 Å². The Bertz CT molecular complexity index is 4640. The molecule has 4 heterocycles. The van der Waals surface area contributed by atoms with Crippen LogP contribution >= 0.6 is 11.3 Å². The Morgan fingerprint density at radius 3 is 1.59 bits per heavy atom. The van der Waals surface area contributed by atoms with Gasteiger partial charge in [0.1, 0.15) is 0 Å². The van der Waals surface area contributed by atoms with Gasteiger partial charge >= 0.3 is 0 Å². The number of aromatic nitrogens is 5. The molecule has 15 rings (SSSR count). The molecule has 0 saturated carbocycles. The molecule has 0 unspecified atom stereocenters. The van der Waals surface area contributed by atoms with Gasteiger partial charge in [-0.2, -0.15) is 0 Å². The van der Waals surface area contributed by atoms with Crippen LogP contribution < -0.4 is 0 Å². The van der Waals surface area contributed by atoms with Crippen LogP contribution in [-0.2, 0) is 0 Å². The lowest BCUT2D eigenvalue weighted by Crippen LogP contribution is -2.02. The lowest BCUT2D eigenvalue weighted by molar-refractivity contribution is 1.07. The predicted molar refractivity (Wildman–Crippen MR) is 298 cm³/mol. The second-order valence-corrected chi connectivity index (χ2v) is 19.4. The highest BCUT2D eigenvalue weighted by molar-refractivity contribution is 7.26. The number of hydrogen-bond acceptors (Lipinski definition) is 4. The number of hydrogen-bond donors (Lipinski definition) is 0. The second-order valence-electron chi connectivity index (χ2n) is 18.3. The van der Waals surface area contributed by atoms with Crippen LogP contribution in [0.1, 0.15) is 0 Å². The quantitative estimate of drug-likeness (QED) is 0.167. The van der Waals surface area contributed by atoms with Gasteiger partial charge in [0.25, 0.3) is 0 Å². The van der Waals surface area contributed by atoms with Crippen molar-refractivity contribution in [2.45, 2.75) is 0 Å². The maximum Gasteiger partial charge on any atom is 0.164 e. The third-order valence-electron chi connectivity index (χ3n) is 14.3. The van der Waals surface area contributed by atoms with E-state index in [0.717, 1.165) is 61.1 Å². The number of nitrogens with zero attached hydrogens (tertiary/aromatic N) is 5. The normalized spacial score (nSPS) is 11.9. The Labute approximate surface area is 411 Å². The molecule has 0 aliphatic carbocycles. The Balaban J connectivity index is 1.03. The average molecular weight is 922 g/mol. The number of benzene rings is 11. The second kappa shape index (κ2) is 15.7. The number of fused-ring (bicyclic) bond motifs is 11. The number of para-hydroxylation sites is 3. The molecule has 0 aliphatic heterocycles. The summed E-state index contributed by atoms with van der Waals surface area (Å²) in [5, 5.41) is 12.1. The van der Waals surface area contributed by atoms with Crippen molar-refractivity contribution in [1.29, 1.82) is 0 Å². The predicted octanol–water partition coefficient (Wildman–Crippen LogP) is 17.4. The minimum absolute atomic E-state index is 0.605. The van der Waals surface area contributed by atoms with Crippen LogP contribution in [0, 0.1) is 0 Å². The maximum atomic E-state index is 5.44. The summed E-state index contributed by atoms with van der Waals surface area (Å²) < 4.78 is 7.33. The van der Waals surface area contributed by atoms with Crippen molar-refractivity contribution < 1.29 is 0 Å². The van der Waals surface area contributed by atoms with Crippen LogP contribution in [0.4, 0.5) is 0 Å². The van der Waals surface area contributed by atoms with Crippen molar-refractivity contribution in [2.75, 3.05) is 0 Å². The molecule has 6 heteroatoms. The molecule has 11 aromatic carbocycles. The molecular formula is C65H39N5S. The Hall–Kier alpha value is -9.23. The standard InChI is InChI=1S/C65H39N5S/c1-3-17-40(18-4-1)63-66-64(44-31-33-56-51(36-44)48-25-11-14-28-54(48)69(56)46-22-5-2-6-23-46)68-65(67-63)45-32-34-57(70-55-29-15-12-26-49(55)52-35-41-19-7-8-20-42(41)38-58(52)70)53(37-45)61-47-24-10-9-21-43(47)39-60-62(61)50-27-13-16-30-59(50)71-60/h1-39H. The number of thiophene rings is 1. The van der Waals surface area contributed by atoms with Crippen molar-refractivity contribution in [3.63, 3.8) is 0 Å². The molecule has 0 fully saturated rings. The van der Waals surface area contributed by atoms with Crippen molar-refractivity contribution in [2.24, 2.45) is 0 Å². The molecule has 330 valence electrons. The Kier molecular flexibility index (Phi) is 8.76. The van der Waals surface area contributed by atoms with Gasteiger partial charge in [0.15, 0.2) is 17.5 Å². The fraction of sp³-hybridized carbons (Fsp3) is 0. The minimum Gasteiger partial charge on any atom is -0.309 e. The summed E-state index contributed by atoms with van der Waals surface area (Å²) in [6.45, 7) is 0. The first-order chi connectivity index (χ1) is 35.2. The van der Waals surface area contributed by atoms with Crippen LogP contribution in [0.15, 0.2) is 237 Å². The van der Waals surface area contributed by atoms with Crippen LogP contribution in [-0.4, -0.2) is 24.1 Å². The highest BCUT2D eigenvalue weighted by Gasteiger charge is 2.24. The van der Waals surface area contributed by atoms with Crippen LogP contribution in [0.2, 0.25) is 0 Å². The molecule has 0 bridgehead atoms. The zero-order valence-electron chi connectivity index (χ0n) is 38.2. The zero-order chi connectivity index (χ0) is 46.6. The van der Waals surface area contributed by atoms with E-state index in [4.69, 9.17) is 15.0 Å². The van der Waals surface area contributed by atoms with Gasteiger partial charge in [-0.05, 0) is 106 Å². The summed E-state index contributed by atoms with van der Waals surface area (Å²) in [6, 6.07) is 85.2. The fourth-order valence-electron chi connectivity index (χ4n) is 11.1. The summed E-state index contributed by atoms with van der Waals surface area (Å²) in [6.07, 6.45) is 0. The molecule has 15 aromatic rings. The number of rotatable bonds is 6. The third-order valence-corrected chi connectivity index (χ3v) is 15.4. The molecule has 4 aromatic heterocycles. The van der Waals surface area contributed by atoms with E-state index in [-0.39, 0.29) is 0 Å². The van der Waals surface area contributed by atoms with Gasteiger partial charge < -0.3 is 9.13 Å². The lowest BCUT2D eigenvalue weighted by Gasteiger charge is -2.19. The summed E-state index contributed by atoms with van der Waals surface area (Å²) in [7, 11) is 0. The zero-order valence-corrected chi connectivity index (χ0v) is 39.0. The SMILES string of the molecule is c1ccc(-c2nc(-c3ccc(-n4c5ccccc5c5cc6ccccc6cc54)c(-c4c5ccccc5cc5sc6ccccc6c45)c3)nc(-c3ccc4c(c3)c3ccccc3n4-c3ccccc3)n2)cc1. The first kappa shape index (κ1) is 39.7. The van der Waals surface area contributed by atoms with Gasteiger partial charge in [-0.3, -0.25) is 0 Å². The van der Waals surface area contributed by atoms with E-state index >= 15 is 0 Å². The largest absolute Gasteiger partial charge is 0.309 e. The molecule has 0 aliphatic rings. The first-order valence-electron chi connectivity index (χ1n) is 24.0. The van der Waals surface area contributed by atoms with E-state index < -0.39 is 0 Å². The first-order valence-corrected chi connectivity index (χ1v) is 24.8. The average Bonchev–Trinajstić information content (AvgIpc) is 4.09. The van der Waals surface area contributed by atoms with E-state index in [1.165, 1.54) is 63.4 Å². The van der Waals surface area contributed by atoms with Gasteiger partial charge in [-0.1, -0.05) is 152 Å². The monoisotopic (exact) mass is 921 g/mol. The fourth-order valence-corrected chi connectivity index (χ4v) is 12.3. The van der Waals surface area contributed by atoms with Crippen molar-refractivity contribution in [3.05, 3.63) is 237 Å². The molecule has 0 atom stereocenters. The third kappa shape index (κ3) is 6.22. The van der Waals surface area contributed by atoms with Crippen LogP contribution in [0.25, 0.3) is 142 Å². The molecule has 0 spiro atoms. The Morgan fingerprint density at radius 2 is 0.845 bits per heavy atom.